The predicted molar refractivity (Wildman–Crippen MR) is 90.1 cm³/mol. The van der Waals surface area contributed by atoms with Gasteiger partial charge in [0.2, 0.25) is 0 Å². The lowest BCUT2D eigenvalue weighted by Crippen LogP contribution is -2.03. The molecule has 0 saturated heterocycles. The van der Waals surface area contributed by atoms with Crippen LogP contribution in [0.15, 0.2) is 60.0 Å². The smallest absolute Gasteiger partial charge is 0.282 e. The highest BCUT2D eigenvalue weighted by atomic mass is 32.2. The zero-order valence-electron chi connectivity index (χ0n) is 11.6. The maximum atomic E-state index is 11.9. The van der Waals surface area contributed by atoms with Crippen molar-refractivity contribution in [2.75, 3.05) is 0 Å². The highest BCUT2D eigenvalue weighted by Gasteiger charge is 2.21. The van der Waals surface area contributed by atoms with Gasteiger partial charge in [0.1, 0.15) is 4.90 Å². The van der Waals surface area contributed by atoms with Crippen molar-refractivity contribution in [3.8, 4) is 0 Å². The minimum absolute atomic E-state index is 0.0757. The van der Waals surface area contributed by atoms with Crippen LogP contribution in [0.2, 0.25) is 0 Å². The van der Waals surface area contributed by atoms with Gasteiger partial charge in [-0.1, -0.05) is 55.1 Å². The Kier molecular flexibility index (Phi) is 2.58. The second-order valence-electron chi connectivity index (χ2n) is 5.33. The first-order valence-corrected chi connectivity index (χ1v) is 8.25. The van der Waals surface area contributed by atoms with Crippen LogP contribution in [-0.4, -0.2) is 13.0 Å². The molecule has 0 unspecified atom stereocenters. The van der Waals surface area contributed by atoms with Crippen molar-refractivity contribution in [3.63, 3.8) is 0 Å². The Balaban J connectivity index is 2.41. The first kappa shape index (κ1) is 13.2. The molecule has 1 N–H and O–H groups in total. The number of benzene rings is 4. The topological polar surface area (TPSA) is 54.4 Å². The van der Waals surface area contributed by atoms with Crippen molar-refractivity contribution >= 4 is 48.5 Å². The van der Waals surface area contributed by atoms with Crippen LogP contribution in [0.3, 0.4) is 0 Å². The SMILES string of the molecule is C=Cc1cc2ccc3cccc4ccc(c1S(=O)(=O)O)c2c34. The van der Waals surface area contributed by atoms with Crippen molar-refractivity contribution in [1.82, 2.24) is 0 Å². The molecule has 3 nitrogen and oxygen atoms in total. The second-order valence-corrected chi connectivity index (χ2v) is 6.69. The van der Waals surface area contributed by atoms with E-state index in [1.165, 1.54) is 6.08 Å². The lowest BCUT2D eigenvalue weighted by Gasteiger charge is -2.14. The van der Waals surface area contributed by atoms with Crippen LogP contribution in [0.1, 0.15) is 5.56 Å². The number of rotatable bonds is 2. The van der Waals surface area contributed by atoms with Crippen LogP contribution >= 0.6 is 0 Å². The number of hydrogen-bond donors (Lipinski definition) is 1. The van der Waals surface area contributed by atoms with Gasteiger partial charge >= 0.3 is 0 Å². The normalized spacial score (nSPS) is 12.4. The summed E-state index contributed by atoms with van der Waals surface area (Å²) >= 11 is 0. The van der Waals surface area contributed by atoms with E-state index in [0.29, 0.717) is 10.9 Å². The minimum Gasteiger partial charge on any atom is -0.282 e. The largest absolute Gasteiger partial charge is 0.295 e. The van der Waals surface area contributed by atoms with Crippen molar-refractivity contribution < 1.29 is 13.0 Å². The first-order chi connectivity index (χ1) is 10.5. The van der Waals surface area contributed by atoms with Crippen LogP contribution in [0, 0.1) is 0 Å². The zero-order valence-corrected chi connectivity index (χ0v) is 12.4. The van der Waals surface area contributed by atoms with Crippen LogP contribution in [0.5, 0.6) is 0 Å². The van der Waals surface area contributed by atoms with Crippen molar-refractivity contribution in [2.24, 2.45) is 0 Å². The van der Waals surface area contributed by atoms with Gasteiger partial charge in [-0.05, 0) is 38.6 Å². The highest BCUT2D eigenvalue weighted by molar-refractivity contribution is 7.86. The molecule has 0 aliphatic rings. The second kappa shape index (κ2) is 4.29. The summed E-state index contributed by atoms with van der Waals surface area (Å²) in [5.41, 5.74) is 0.411. The Hall–Kier alpha value is -2.43. The fourth-order valence-electron chi connectivity index (χ4n) is 3.25. The Labute approximate surface area is 127 Å². The molecule has 0 atom stereocenters. The van der Waals surface area contributed by atoms with Crippen molar-refractivity contribution in [3.05, 3.63) is 60.7 Å². The van der Waals surface area contributed by atoms with Gasteiger partial charge in [0.25, 0.3) is 10.1 Å². The first-order valence-electron chi connectivity index (χ1n) is 6.81. The summed E-state index contributed by atoms with van der Waals surface area (Å²) in [6.07, 6.45) is 1.46. The minimum atomic E-state index is -4.34. The molecule has 0 spiro atoms. The quantitative estimate of drug-likeness (QED) is 0.439. The Bertz CT molecular complexity index is 1140. The summed E-state index contributed by atoms with van der Waals surface area (Å²) in [6, 6.07) is 15.3. The summed E-state index contributed by atoms with van der Waals surface area (Å²) in [5, 5.41) is 5.42. The van der Waals surface area contributed by atoms with Crippen LogP contribution < -0.4 is 0 Å². The lowest BCUT2D eigenvalue weighted by molar-refractivity contribution is 0.484. The Morgan fingerprint density at radius 1 is 0.909 bits per heavy atom. The summed E-state index contributed by atoms with van der Waals surface area (Å²) in [6.45, 7) is 3.67. The van der Waals surface area contributed by atoms with E-state index in [4.69, 9.17) is 0 Å². The van der Waals surface area contributed by atoms with Gasteiger partial charge in [-0.15, -0.1) is 0 Å². The van der Waals surface area contributed by atoms with Crippen LogP contribution in [-0.2, 0) is 10.1 Å². The molecule has 4 heteroatoms. The van der Waals surface area contributed by atoms with E-state index in [2.05, 4.69) is 6.58 Å². The predicted octanol–water partition coefficient (Wildman–Crippen LogP) is 4.47. The molecule has 4 aromatic carbocycles. The van der Waals surface area contributed by atoms with E-state index < -0.39 is 10.1 Å². The summed E-state index contributed by atoms with van der Waals surface area (Å²) < 4.78 is 33.4. The van der Waals surface area contributed by atoms with E-state index in [1.807, 2.05) is 36.4 Å². The van der Waals surface area contributed by atoms with E-state index in [1.54, 1.807) is 12.1 Å². The van der Waals surface area contributed by atoms with Gasteiger partial charge in [-0.2, -0.15) is 8.42 Å². The number of hydrogen-bond acceptors (Lipinski definition) is 2. The molecule has 0 aliphatic carbocycles. The van der Waals surface area contributed by atoms with Gasteiger partial charge in [0.15, 0.2) is 0 Å². The van der Waals surface area contributed by atoms with Crippen LogP contribution in [0.25, 0.3) is 38.4 Å². The third-order valence-electron chi connectivity index (χ3n) is 4.10. The van der Waals surface area contributed by atoms with Crippen molar-refractivity contribution in [2.45, 2.75) is 4.90 Å². The van der Waals surface area contributed by atoms with Gasteiger partial charge in [0.05, 0.1) is 0 Å². The molecule has 0 radical (unpaired) electrons. The molecule has 0 saturated carbocycles. The van der Waals surface area contributed by atoms with Gasteiger partial charge in [-0.25, -0.2) is 0 Å². The van der Waals surface area contributed by atoms with Gasteiger partial charge < -0.3 is 0 Å². The maximum Gasteiger partial charge on any atom is 0.295 e. The Morgan fingerprint density at radius 2 is 1.55 bits per heavy atom. The molecule has 0 bridgehead atoms. The molecule has 4 aromatic rings. The molecule has 22 heavy (non-hydrogen) atoms. The molecule has 0 aromatic heterocycles. The highest BCUT2D eigenvalue weighted by Crippen LogP contribution is 2.39. The average molecular weight is 308 g/mol. The molecule has 4 rings (SSSR count). The molecular weight excluding hydrogens is 296 g/mol. The Morgan fingerprint density at radius 3 is 2.18 bits per heavy atom. The maximum absolute atomic E-state index is 11.9. The zero-order chi connectivity index (χ0) is 15.5. The fraction of sp³-hybridized carbons (Fsp3) is 0. The fourth-order valence-corrected chi connectivity index (χ4v) is 4.13. The molecule has 0 amide bonds. The van der Waals surface area contributed by atoms with E-state index in [9.17, 15) is 13.0 Å². The third kappa shape index (κ3) is 1.68. The van der Waals surface area contributed by atoms with E-state index >= 15 is 0 Å². The third-order valence-corrected chi connectivity index (χ3v) is 5.08. The summed E-state index contributed by atoms with van der Waals surface area (Å²) in [4.78, 5) is -0.0757. The molecule has 108 valence electrons. The van der Waals surface area contributed by atoms with Gasteiger partial charge in [0, 0.05) is 5.39 Å². The van der Waals surface area contributed by atoms with E-state index in [0.717, 1.165) is 26.9 Å². The molecular formula is C18H12O3S. The average Bonchev–Trinajstić information content (AvgIpc) is 2.50. The van der Waals surface area contributed by atoms with E-state index in [-0.39, 0.29) is 4.90 Å². The monoisotopic (exact) mass is 308 g/mol. The van der Waals surface area contributed by atoms with Gasteiger partial charge in [-0.3, -0.25) is 4.55 Å². The molecule has 0 aliphatic heterocycles. The van der Waals surface area contributed by atoms with Crippen molar-refractivity contribution in [1.29, 1.82) is 0 Å². The molecule has 0 heterocycles. The summed E-state index contributed by atoms with van der Waals surface area (Å²) in [7, 11) is -4.34. The van der Waals surface area contributed by atoms with Crippen LogP contribution in [0.4, 0.5) is 0 Å². The summed E-state index contributed by atoms with van der Waals surface area (Å²) in [5.74, 6) is 0. The lowest BCUT2D eigenvalue weighted by atomic mass is 9.93. The molecule has 0 fully saturated rings. The standard InChI is InChI=1S/C18H12O3S/c1-2-11-10-14-7-6-12-4-3-5-13-8-9-15(17(14)16(12)13)18(11)22(19,20)21/h2-10H,1H2,(H,19,20,21).